The number of amides is 2. The number of nitrogens with zero attached hydrogens (tertiary/aromatic N) is 3. The van der Waals surface area contributed by atoms with Crippen LogP contribution in [-0.4, -0.2) is 45.9 Å². The second kappa shape index (κ2) is 5.88. The number of hydrogen-bond acceptors (Lipinski definition) is 8. The molecule has 2 heterocycles. The van der Waals surface area contributed by atoms with Gasteiger partial charge in [0.2, 0.25) is 0 Å². The van der Waals surface area contributed by atoms with Gasteiger partial charge in [-0.15, -0.1) is 0 Å². The zero-order valence-corrected chi connectivity index (χ0v) is 12.3. The van der Waals surface area contributed by atoms with E-state index in [1.165, 1.54) is 18.3 Å². The minimum absolute atomic E-state index is 0.114. The van der Waals surface area contributed by atoms with E-state index in [2.05, 4.69) is 14.7 Å². The smallest absolute Gasteiger partial charge is 0.384 e. The summed E-state index contributed by atoms with van der Waals surface area (Å²) in [4.78, 5) is 60.3. The van der Waals surface area contributed by atoms with Crippen molar-refractivity contribution in [2.24, 2.45) is 0 Å². The van der Waals surface area contributed by atoms with Crippen LogP contribution in [-0.2, 0) is 9.57 Å². The minimum Gasteiger partial charge on any atom is -0.464 e. The molecule has 2 aromatic rings. The van der Waals surface area contributed by atoms with Gasteiger partial charge in [-0.3, -0.25) is 9.59 Å². The topological polar surface area (TPSA) is 116 Å². The Bertz CT molecular complexity index is 844. The highest BCUT2D eigenvalue weighted by atomic mass is 16.7. The molecule has 1 aliphatic rings. The van der Waals surface area contributed by atoms with Crippen LogP contribution in [0.15, 0.2) is 36.7 Å². The summed E-state index contributed by atoms with van der Waals surface area (Å²) in [6, 6.07) is 6.03. The van der Waals surface area contributed by atoms with Crippen molar-refractivity contribution in [1.29, 1.82) is 0 Å². The predicted molar refractivity (Wildman–Crippen MR) is 75.7 cm³/mol. The van der Waals surface area contributed by atoms with Gasteiger partial charge in [0.15, 0.2) is 11.4 Å². The van der Waals surface area contributed by atoms with Gasteiger partial charge in [0.25, 0.3) is 11.8 Å². The van der Waals surface area contributed by atoms with Gasteiger partial charge >= 0.3 is 11.9 Å². The molecular formula is C15H9N3O6. The van der Waals surface area contributed by atoms with E-state index in [0.29, 0.717) is 5.06 Å². The van der Waals surface area contributed by atoms with E-state index in [4.69, 9.17) is 4.84 Å². The molecular weight excluding hydrogens is 318 g/mol. The Hall–Kier alpha value is -3.62. The number of fused-ring (bicyclic) bond motifs is 1. The van der Waals surface area contributed by atoms with Crippen molar-refractivity contribution in [2.75, 3.05) is 7.11 Å². The van der Waals surface area contributed by atoms with Gasteiger partial charge in [0, 0.05) is 12.4 Å². The Kier molecular flexibility index (Phi) is 3.74. The van der Waals surface area contributed by atoms with Crippen LogP contribution in [0.3, 0.4) is 0 Å². The fourth-order valence-electron chi connectivity index (χ4n) is 2.11. The van der Waals surface area contributed by atoms with Crippen molar-refractivity contribution in [2.45, 2.75) is 0 Å². The Morgan fingerprint density at radius 3 is 1.92 bits per heavy atom. The SMILES string of the molecule is COC(=O)c1nccnc1C(=O)ON1C(=O)c2ccccc2C1=O. The van der Waals surface area contributed by atoms with Gasteiger partial charge in [-0.1, -0.05) is 17.2 Å². The van der Waals surface area contributed by atoms with E-state index >= 15 is 0 Å². The highest BCUT2D eigenvalue weighted by Crippen LogP contribution is 2.23. The third-order valence-corrected chi connectivity index (χ3v) is 3.20. The largest absolute Gasteiger partial charge is 0.464 e. The zero-order chi connectivity index (χ0) is 17.3. The first-order chi connectivity index (χ1) is 11.5. The normalized spacial score (nSPS) is 12.8. The summed E-state index contributed by atoms with van der Waals surface area (Å²) in [5, 5.41) is 0.322. The third-order valence-electron chi connectivity index (χ3n) is 3.20. The Morgan fingerprint density at radius 1 is 0.917 bits per heavy atom. The lowest BCUT2D eigenvalue weighted by Crippen LogP contribution is -2.33. The Labute approximate surface area is 134 Å². The number of imide groups is 1. The van der Waals surface area contributed by atoms with Crippen molar-refractivity contribution >= 4 is 23.8 Å². The first-order valence-corrected chi connectivity index (χ1v) is 6.64. The number of carbonyl (C=O) groups is 4. The molecule has 0 unspecified atom stereocenters. The average molecular weight is 327 g/mol. The molecule has 0 aliphatic carbocycles. The summed E-state index contributed by atoms with van der Waals surface area (Å²) >= 11 is 0. The highest BCUT2D eigenvalue weighted by Gasteiger charge is 2.39. The molecule has 3 rings (SSSR count). The third kappa shape index (κ3) is 2.37. The summed E-state index contributed by atoms with van der Waals surface area (Å²) in [6.45, 7) is 0. The second-order valence-corrected chi connectivity index (χ2v) is 4.57. The van der Waals surface area contributed by atoms with Gasteiger partial charge in [0.05, 0.1) is 18.2 Å². The molecule has 2 amide bonds. The van der Waals surface area contributed by atoms with E-state index in [9.17, 15) is 19.2 Å². The molecule has 0 saturated carbocycles. The van der Waals surface area contributed by atoms with E-state index in [1.54, 1.807) is 12.1 Å². The van der Waals surface area contributed by atoms with Crippen LogP contribution in [0, 0.1) is 0 Å². The van der Waals surface area contributed by atoms with E-state index < -0.39 is 29.4 Å². The molecule has 1 aliphatic heterocycles. The van der Waals surface area contributed by atoms with E-state index in [-0.39, 0.29) is 16.8 Å². The molecule has 24 heavy (non-hydrogen) atoms. The fourth-order valence-corrected chi connectivity index (χ4v) is 2.11. The molecule has 120 valence electrons. The first-order valence-electron chi connectivity index (χ1n) is 6.64. The van der Waals surface area contributed by atoms with Gasteiger partial charge in [0.1, 0.15) is 0 Å². The van der Waals surface area contributed by atoms with Crippen LogP contribution in [0.25, 0.3) is 0 Å². The molecule has 0 spiro atoms. The van der Waals surface area contributed by atoms with Crippen molar-refractivity contribution in [3.8, 4) is 0 Å². The monoisotopic (exact) mass is 327 g/mol. The molecule has 9 heteroatoms. The van der Waals surface area contributed by atoms with E-state index in [1.807, 2.05) is 0 Å². The van der Waals surface area contributed by atoms with Crippen LogP contribution in [0.5, 0.6) is 0 Å². The molecule has 1 aromatic heterocycles. The number of methoxy groups -OCH3 is 1. The maximum atomic E-state index is 12.2. The molecule has 1 aromatic carbocycles. The van der Waals surface area contributed by atoms with Crippen LogP contribution in [0.2, 0.25) is 0 Å². The fraction of sp³-hybridized carbons (Fsp3) is 0.0667. The van der Waals surface area contributed by atoms with Crippen LogP contribution < -0.4 is 0 Å². The van der Waals surface area contributed by atoms with Crippen LogP contribution in [0.4, 0.5) is 0 Å². The minimum atomic E-state index is -1.18. The number of ether oxygens (including phenoxy) is 1. The van der Waals surface area contributed by atoms with Crippen molar-refractivity contribution in [1.82, 2.24) is 15.0 Å². The summed E-state index contributed by atoms with van der Waals surface area (Å²) in [5.41, 5.74) is -0.632. The standard InChI is InChI=1S/C15H9N3O6/c1-23-14(21)10-11(17-7-6-16-10)15(22)24-18-12(19)8-4-2-3-5-9(8)13(18)20/h2-7H,1H3. The van der Waals surface area contributed by atoms with E-state index in [0.717, 1.165) is 13.3 Å². The quantitative estimate of drug-likeness (QED) is 0.595. The molecule has 9 nitrogen and oxygen atoms in total. The number of hydroxylamine groups is 2. The van der Waals surface area contributed by atoms with Crippen LogP contribution in [0.1, 0.15) is 41.7 Å². The Morgan fingerprint density at radius 2 is 1.42 bits per heavy atom. The summed E-state index contributed by atoms with van der Waals surface area (Å²) in [6.07, 6.45) is 2.34. The maximum Gasteiger partial charge on any atom is 0.384 e. The predicted octanol–water partition coefficient (Wildman–Crippen LogP) is 0.631. The molecule has 0 fully saturated rings. The Balaban J connectivity index is 1.89. The molecule has 0 bridgehead atoms. The molecule has 0 saturated heterocycles. The number of aromatic nitrogens is 2. The lowest BCUT2D eigenvalue weighted by atomic mass is 10.1. The molecule has 0 radical (unpaired) electrons. The van der Waals surface area contributed by atoms with Crippen molar-refractivity contribution in [3.05, 3.63) is 59.2 Å². The van der Waals surface area contributed by atoms with Crippen molar-refractivity contribution < 1.29 is 28.8 Å². The van der Waals surface area contributed by atoms with Gasteiger partial charge in [-0.2, -0.15) is 0 Å². The summed E-state index contributed by atoms with van der Waals surface area (Å²) < 4.78 is 4.49. The molecule has 0 N–H and O–H groups in total. The number of benzene rings is 1. The van der Waals surface area contributed by atoms with Crippen LogP contribution >= 0.6 is 0 Å². The number of esters is 1. The lowest BCUT2D eigenvalue weighted by Gasteiger charge is -2.12. The number of hydrogen-bond donors (Lipinski definition) is 0. The summed E-state index contributed by atoms with van der Waals surface area (Å²) in [5.74, 6) is -3.66. The van der Waals surface area contributed by atoms with Gasteiger partial charge < -0.3 is 9.57 Å². The van der Waals surface area contributed by atoms with Crippen molar-refractivity contribution in [3.63, 3.8) is 0 Å². The first kappa shape index (κ1) is 15.3. The number of carbonyl (C=O) groups excluding carboxylic acids is 4. The average Bonchev–Trinajstić information content (AvgIpc) is 2.86. The zero-order valence-electron chi connectivity index (χ0n) is 12.3. The highest BCUT2D eigenvalue weighted by molar-refractivity contribution is 6.21. The van der Waals surface area contributed by atoms with Gasteiger partial charge in [-0.25, -0.2) is 19.6 Å². The maximum absolute atomic E-state index is 12.2. The number of rotatable bonds is 3. The molecule has 0 atom stereocenters. The summed E-state index contributed by atoms with van der Waals surface area (Å²) in [7, 11) is 1.11. The second-order valence-electron chi connectivity index (χ2n) is 4.57. The van der Waals surface area contributed by atoms with Gasteiger partial charge in [-0.05, 0) is 12.1 Å². The lowest BCUT2D eigenvalue weighted by molar-refractivity contribution is -0.0589.